The van der Waals surface area contributed by atoms with E-state index in [1.807, 2.05) is 48.7 Å². The Hall–Kier alpha value is -3.40. The number of nitrogen functional groups attached to an aromatic ring is 1. The second-order valence-electron chi connectivity index (χ2n) is 11.5. The van der Waals surface area contributed by atoms with Crippen LogP contribution in [0.2, 0.25) is 0 Å². The van der Waals surface area contributed by atoms with Crippen molar-refractivity contribution in [2.24, 2.45) is 0 Å². The quantitative estimate of drug-likeness (QED) is 0.177. The molecule has 5 rings (SSSR count). The van der Waals surface area contributed by atoms with Crippen LogP contribution in [-0.4, -0.2) is 95.8 Å². The minimum absolute atomic E-state index is 0.182. The van der Waals surface area contributed by atoms with Crippen molar-refractivity contribution in [2.75, 3.05) is 51.8 Å². The number of unbranched alkanes of at least 4 members (excludes halogenated alkanes) is 3. The molecule has 14 heteroatoms. The minimum Gasteiger partial charge on any atom is -0.445 e. The summed E-state index contributed by atoms with van der Waals surface area (Å²) in [6, 6.07) is 9.56. The number of imidazole rings is 1. The van der Waals surface area contributed by atoms with E-state index in [-0.39, 0.29) is 24.9 Å². The third kappa shape index (κ3) is 9.31. The van der Waals surface area contributed by atoms with Gasteiger partial charge < -0.3 is 44.8 Å². The van der Waals surface area contributed by atoms with Gasteiger partial charge in [-0.25, -0.2) is 19.7 Å². The zero-order valence-corrected chi connectivity index (χ0v) is 26.1. The fourth-order valence-electron chi connectivity index (χ4n) is 5.48. The lowest BCUT2D eigenvalue weighted by molar-refractivity contribution is -0.195. The van der Waals surface area contributed by atoms with Crippen LogP contribution in [0.15, 0.2) is 43.0 Å². The number of aromatic nitrogens is 4. The Morgan fingerprint density at radius 3 is 2.58 bits per heavy atom. The van der Waals surface area contributed by atoms with Crippen LogP contribution in [0.25, 0.3) is 11.2 Å². The Morgan fingerprint density at radius 1 is 0.956 bits per heavy atom. The molecule has 4 N–H and O–H groups in total. The number of nitrogens with zero attached hydrogens (tertiary/aromatic N) is 4. The van der Waals surface area contributed by atoms with Crippen molar-refractivity contribution >= 4 is 23.1 Å². The molecule has 2 aliphatic heterocycles. The number of alkyl carbamates (subject to hydrolysis) is 1. The lowest BCUT2D eigenvalue weighted by atomic mass is 10.1. The van der Waals surface area contributed by atoms with Crippen LogP contribution in [0.4, 0.5) is 10.6 Å². The van der Waals surface area contributed by atoms with Gasteiger partial charge in [0.2, 0.25) is 0 Å². The molecule has 0 radical (unpaired) electrons. The van der Waals surface area contributed by atoms with E-state index in [4.69, 9.17) is 34.2 Å². The zero-order chi connectivity index (χ0) is 31.5. The molecule has 0 unspecified atom stereocenters. The molecular formula is C31H45N7O7. The van der Waals surface area contributed by atoms with Crippen molar-refractivity contribution < 1.29 is 33.2 Å². The molecule has 4 heterocycles. The summed E-state index contributed by atoms with van der Waals surface area (Å²) in [6.07, 6.45) is 5.77. The first-order chi connectivity index (χ1) is 21.9. The highest BCUT2D eigenvalue weighted by Gasteiger charge is 2.55. The molecule has 2 aromatic heterocycles. The molecule has 14 nitrogen and oxygen atoms in total. The van der Waals surface area contributed by atoms with Crippen molar-refractivity contribution in [3.05, 3.63) is 48.5 Å². The Balaban J connectivity index is 0.874. The maximum absolute atomic E-state index is 11.7. The molecule has 0 saturated carbocycles. The number of carbonyl (C=O) groups is 1. The van der Waals surface area contributed by atoms with Gasteiger partial charge in [0.1, 0.15) is 36.8 Å². The average molecular weight is 628 g/mol. The van der Waals surface area contributed by atoms with E-state index in [1.54, 1.807) is 6.33 Å². The predicted octanol–water partition coefficient (Wildman–Crippen LogP) is 2.94. The maximum atomic E-state index is 11.7. The number of benzene rings is 1. The van der Waals surface area contributed by atoms with E-state index >= 15 is 0 Å². The van der Waals surface area contributed by atoms with Crippen LogP contribution in [-0.2, 0) is 35.0 Å². The molecule has 0 bridgehead atoms. The molecular weight excluding hydrogens is 582 g/mol. The van der Waals surface area contributed by atoms with E-state index in [0.717, 1.165) is 37.8 Å². The third-order valence-electron chi connectivity index (χ3n) is 7.62. The lowest BCUT2D eigenvalue weighted by Gasteiger charge is -2.25. The van der Waals surface area contributed by atoms with Crippen LogP contribution < -0.4 is 16.4 Å². The van der Waals surface area contributed by atoms with E-state index in [2.05, 4.69) is 25.6 Å². The van der Waals surface area contributed by atoms with E-state index in [9.17, 15) is 4.79 Å². The highest BCUT2D eigenvalue weighted by Crippen LogP contribution is 2.43. The van der Waals surface area contributed by atoms with Crippen molar-refractivity contribution in [3.8, 4) is 0 Å². The number of hydrogen-bond acceptors (Lipinski definition) is 12. The number of anilines is 1. The summed E-state index contributed by atoms with van der Waals surface area (Å²) in [7, 11) is 0. The Labute approximate surface area is 263 Å². The van der Waals surface area contributed by atoms with Crippen LogP contribution in [0.3, 0.4) is 0 Å². The van der Waals surface area contributed by atoms with Crippen molar-refractivity contribution in [1.29, 1.82) is 0 Å². The number of rotatable bonds is 18. The number of amides is 1. The summed E-state index contributed by atoms with van der Waals surface area (Å²) in [6.45, 7) is 8.13. The average Bonchev–Trinajstić information content (AvgIpc) is 3.70. The molecule has 0 spiro atoms. The Bertz CT molecular complexity index is 1340. The van der Waals surface area contributed by atoms with Gasteiger partial charge in [-0.2, -0.15) is 0 Å². The molecule has 2 saturated heterocycles. The molecule has 3 aromatic rings. The summed E-state index contributed by atoms with van der Waals surface area (Å²) >= 11 is 0. The standard InChI is InChI=1S/C31H45N7O7/c1-31(2)44-25-23(43-29(26(25)45-31)38-21-37-24-27(32)35-20-36-28(24)38)18-33-12-8-3-4-9-14-40-16-17-41-15-13-34-30(39)42-19-22-10-6-5-7-11-22/h5-7,10-11,20-21,23,25-26,29,33H,3-4,8-9,12-19H2,1-2H3,(H,34,39)(H2,32,35,36)/t23-,25-,26-,29-/m1/s1. The minimum atomic E-state index is -0.704. The first-order valence-corrected chi connectivity index (χ1v) is 15.7. The monoisotopic (exact) mass is 627 g/mol. The van der Waals surface area contributed by atoms with Gasteiger partial charge in [0.25, 0.3) is 0 Å². The summed E-state index contributed by atoms with van der Waals surface area (Å²) in [5.74, 6) is -0.374. The van der Waals surface area contributed by atoms with Crippen molar-refractivity contribution in [1.82, 2.24) is 30.2 Å². The predicted molar refractivity (Wildman–Crippen MR) is 165 cm³/mol. The van der Waals surface area contributed by atoms with Crippen LogP contribution in [0.5, 0.6) is 0 Å². The first-order valence-electron chi connectivity index (χ1n) is 15.7. The smallest absolute Gasteiger partial charge is 0.407 e. The second kappa shape index (κ2) is 16.2. The molecule has 2 aliphatic rings. The van der Waals surface area contributed by atoms with E-state index < -0.39 is 18.1 Å². The Morgan fingerprint density at radius 2 is 1.73 bits per heavy atom. The molecule has 246 valence electrons. The molecule has 0 aliphatic carbocycles. The summed E-state index contributed by atoms with van der Waals surface area (Å²) < 4.78 is 37.1. The van der Waals surface area contributed by atoms with Crippen molar-refractivity contribution in [3.63, 3.8) is 0 Å². The van der Waals surface area contributed by atoms with Gasteiger partial charge in [-0.3, -0.25) is 4.57 Å². The van der Waals surface area contributed by atoms with Gasteiger partial charge in [0.05, 0.1) is 26.1 Å². The van der Waals surface area contributed by atoms with Crippen LogP contribution >= 0.6 is 0 Å². The van der Waals surface area contributed by atoms with E-state index in [0.29, 0.717) is 56.5 Å². The van der Waals surface area contributed by atoms with Crippen LogP contribution in [0, 0.1) is 0 Å². The van der Waals surface area contributed by atoms with Gasteiger partial charge >= 0.3 is 6.09 Å². The molecule has 4 atom stereocenters. The number of fused-ring (bicyclic) bond motifs is 2. The fraction of sp³-hybridized carbons (Fsp3) is 0.613. The molecule has 2 fully saturated rings. The second-order valence-corrected chi connectivity index (χ2v) is 11.5. The SMILES string of the molecule is CC1(C)O[C@@H]2[C@H](O1)[C@@H](CNCCCCCCOCCOCCNC(=O)OCc1ccccc1)O[C@H]2n1cnc2c(N)ncnc21. The van der Waals surface area contributed by atoms with Gasteiger partial charge in [-0.05, 0) is 38.8 Å². The number of ether oxygens (including phenoxy) is 6. The van der Waals surface area contributed by atoms with Crippen LogP contribution in [0.1, 0.15) is 51.3 Å². The summed E-state index contributed by atoms with van der Waals surface area (Å²) in [5, 5.41) is 6.20. The third-order valence-corrected chi connectivity index (χ3v) is 7.62. The summed E-state index contributed by atoms with van der Waals surface area (Å²) in [4.78, 5) is 24.5. The van der Waals surface area contributed by atoms with Gasteiger partial charge in [-0.15, -0.1) is 0 Å². The topological polar surface area (TPSA) is 166 Å². The molecule has 1 aromatic carbocycles. The maximum Gasteiger partial charge on any atom is 0.407 e. The lowest BCUT2D eigenvalue weighted by Crippen LogP contribution is -2.37. The fourth-order valence-corrected chi connectivity index (χ4v) is 5.48. The van der Waals surface area contributed by atoms with Gasteiger partial charge in [-0.1, -0.05) is 43.2 Å². The Kier molecular flexibility index (Phi) is 11.9. The molecule has 1 amide bonds. The van der Waals surface area contributed by atoms with Gasteiger partial charge in [0.15, 0.2) is 23.5 Å². The first kappa shape index (κ1) is 33.0. The number of nitrogens with one attached hydrogen (secondary N) is 2. The normalized spacial score (nSPS) is 22.1. The largest absolute Gasteiger partial charge is 0.445 e. The number of carbonyl (C=O) groups excluding carboxylic acids is 1. The van der Waals surface area contributed by atoms with E-state index in [1.165, 1.54) is 6.33 Å². The number of hydrogen-bond donors (Lipinski definition) is 3. The highest BCUT2D eigenvalue weighted by atomic mass is 16.8. The van der Waals surface area contributed by atoms with Crippen molar-refractivity contribution in [2.45, 2.75) is 76.5 Å². The number of nitrogens with two attached hydrogens (primary N) is 1. The highest BCUT2D eigenvalue weighted by molar-refractivity contribution is 5.81. The zero-order valence-electron chi connectivity index (χ0n) is 26.1. The van der Waals surface area contributed by atoms with Gasteiger partial charge in [0, 0.05) is 19.7 Å². The summed E-state index contributed by atoms with van der Waals surface area (Å²) in [5.41, 5.74) is 8.08. The molecule has 45 heavy (non-hydrogen) atoms.